The Morgan fingerprint density at radius 3 is 2.41 bits per heavy atom. The van der Waals surface area contributed by atoms with Gasteiger partial charge in [-0.15, -0.1) is 5.10 Å². The summed E-state index contributed by atoms with van der Waals surface area (Å²) in [6.45, 7) is 6.63. The number of amides is 1. The van der Waals surface area contributed by atoms with Crippen molar-refractivity contribution >= 4 is 11.9 Å². The van der Waals surface area contributed by atoms with E-state index >= 15 is 0 Å². The van der Waals surface area contributed by atoms with E-state index in [1.807, 2.05) is 32.9 Å². The molecule has 152 valence electrons. The zero-order valence-electron chi connectivity index (χ0n) is 16.6. The highest BCUT2D eigenvalue weighted by Crippen LogP contribution is 2.32. The summed E-state index contributed by atoms with van der Waals surface area (Å²) in [7, 11) is 0. The zero-order valence-corrected chi connectivity index (χ0v) is 16.6. The summed E-state index contributed by atoms with van der Waals surface area (Å²) < 4.78 is 22.1. The minimum absolute atomic E-state index is 0.00986. The predicted molar refractivity (Wildman–Crippen MR) is 107 cm³/mol. The number of carbonyl (C=O) groups is 1. The van der Waals surface area contributed by atoms with E-state index in [1.54, 1.807) is 30.3 Å². The number of anilines is 1. The van der Waals surface area contributed by atoms with Crippen LogP contribution in [0.15, 0.2) is 46.9 Å². The number of nitrogens with one attached hydrogen (secondary N) is 1. The first-order valence-electron chi connectivity index (χ1n) is 9.32. The summed E-state index contributed by atoms with van der Waals surface area (Å²) in [6, 6.07) is 12.7. The summed E-state index contributed by atoms with van der Waals surface area (Å²) >= 11 is 0. The minimum Gasteiger partial charge on any atom is -0.490 e. The molecule has 1 aromatic heterocycles. The smallest absolute Gasteiger partial charge is 0.322 e. The lowest BCUT2D eigenvalue weighted by molar-refractivity contribution is -0.118. The molecule has 0 bridgehead atoms. The molecule has 1 amide bonds. The van der Waals surface area contributed by atoms with E-state index in [4.69, 9.17) is 18.6 Å². The van der Waals surface area contributed by atoms with E-state index in [1.165, 1.54) is 0 Å². The van der Waals surface area contributed by atoms with Crippen LogP contribution in [0.3, 0.4) is 0 Å². The van der Waals surface area contributed by atoms with Crippen LogP contribution in [0.5, 0.6) is 17.2 Å². The van der Waals surface area contributed by atoms with Crippen molar-refractivity contribution in [2.45, 2.75) is 20.8 Å². The molecule has 1 N–H and O–H groups in total. The molecule has 0 spiro atoms. The highest BCUT2D eigenvalue weighted by molar-refractivity contribution is 5.89. The number of aromatic nitrogens is 2. The van der Waals surface area contributed by atoms with Gasteiger partial charge < -0.3 is 18.6 Å². The van der Waals surface area contributed by atoms with Crippen LogP contribution in [0.25, 0.3) is 11.5 Å². The van der Waals surface area contributed by atoms with E-state index in [2.05, 4.69) is 15.5 Å². The first-order chi connectivity index (χ1) is 14.1. The van der Waals surface area contributed by atoms with Gasteiger partial charge in [-0.25, -0.2) is 0 Å². The summed E-state index contributed by atoms with van der Waals surface area (Å²) in [6.07, 6.45) is 0. The van der Waals surface area contributed by atoms with E-state index in [-0.39, 0.29) is 18.5 Å². The molecule has 29 heavy (non-hydrogen) atoms. The van der Waals surface area contributed by atoms with Crippen molar-refractivity contribution in [3.8, 4) is 28.7 Å². The van der Waals surface area contributed by atoms with Crippen LogP contribution in [0, 0.1) is 6.92 Å². The second-order valence-corrected chi connectivity index (χ2v) is 6.09. The Labute approximate surface area is 168 Å². The van der Waals surface area contributed by atoms with Gasteiger partial charge in [0, 0.05) is 5.56 Å². The van der Waals surface area contributed by atoms with Crippen LogP contribution >= 0.6 is 0 Å². The van der Waals surface area contributed by atoms with Gasteiger partial charge in [-0.1, -0.05) is 22.8 Å². The SMILES string of the molecule is CCOc1ccc(-c2nnc(NC(=O)COc3ccc(C)cc3)o2)cc1OCC. The number of ether oxygens (including phenoxy) is 3. The summed E-state index contributed by atoms with van der Waals surface area (Å²) in [5.41, 5.74) is 1.77. The molecule has 8 heteroatoms. The molecule has 0 unspecified atom stereocenters. The van der Waals surface area contributed by atoms with E-state index < -0.39 is 5.91 Å². The molecule has 0 radical (unpaired) electrons. The van der Waals surface area contributed by atoms with E-state index in [0.29, 0.717) is 36.0 Å². The Balaban J connectivity index is 1.63. The fraction of sp³-hybridized carbons (Fsp3) is 0.286. The number of aryl methyl sites for hydroxylation is 1. The van der Waals surface area contributed by atoms with Crippen molar-refractivity contribution in [2.75, 3.05) is 25.1 Å². The maximum atomic E-state index is 12.1. The first-order valence-corrected chi connectivity index (χ1v) is 9.32. The van der Waals surface area contributed by atoms with E-state index in [9.17, 15) is 4.79 Å². The third-order valence-corrected chi connectivity index (χ3v) is 3.85. The van der Waals surface area contributed by atoms with Gasteiger partial charge in [0.25, 0.3) is 5.91 Å². The quantitative estimate of drug-likeness (QED) is 0.586. The molecule has 0 fully saturated rings. The van der Waals surface area contributed by atoms with Gasteiger partial charge in [-0.3, -0.25) is 10.1 Å². The number of hydrogen-bond donors (Lipinski definition) is 1. The average Bonchev–Trinajstić information content (AvgIpc) is 3.17. The first kappa shape index (κ1) is 20.2. The fourth-order valence-corrected chi connectivity index (χ4v) is 2.51. The average molecular weight is 397 g/mol. The van der Waals surface area contributed by atoms with Crippen molar-refractivity contribution < 1.29 is 23.4 Å². The van der Waals surface area contributed by atoms with Crippen LogP contribution in [0.4, 0.5) is 6.01 Å². The number of carbonyl (C=O) groups excluding carboxylic acids is 1. The lowest BCUT2D eigenvalue weighted by Crippen LogP contribution is -2.20. The lowest BCUT2D eigenvalue weighted by atomic mass is 10.2. The molecule has 1 heterocycles. The normalized spacial score (nSPS) is 10.4. The molecule has 2 aromatic carbocycles. The van der Waals surface area contributed by atoms with Crippen LogP contribution in [0.1, 0.15) is 19.4 Å². The molecule has 8 nitrogen and oxygen atoms in total. The third-order valence-electron chi connectivity index (χ3n) is 3.85. The largest absolute Gasteiger partial charge is 0.490 e. The highest BCUT2D eigenvalue weighted by atomic mass is 16.5. The Bertz CT molecular complexity index is 953. The van der Waals surface area contributed by atoms with Crippen molar-refractivity contribution in [1.29, 1.82) is 0 Å². The van der Waals surface area contributed by atoms with Gasteiger partial charge in [-0.2, -0.15) is 0 Å². The van der Waals surface area contributed by atoms with Crippen LogP contribution in [0.2, 0.25) is 0 Å². The van der Waals surface area contributed by atoms with Crippen molar-refractivity contribution in [1.82, 2.24) is 10.2 Å². The Morgan fingerprint density at radius 2 is 1.69 bits per heavy atom. The number of hydrogen-bond acceptors (Lipinski definition) is 7. The van der Waals surface area contributed by atoms with Crippen LogP contribution in [-0.2, 0) is 4.79 Å². The maximum absolute atomic E-state index is 12.1. The maximum Gasteiger partial charge on any atom is 0.322 e. The van der Waals surface area contributed by atoms with Crippen LogP contribution in [-0.4, -0.2) is 35.9 Å². The third kappa shape index (κ3) is 5.47. The van der Waals surface area contributed by atoms with Crippen molar-refractivity contribution in [3.05, 3.63) is 48.0 Å². The van der Waals surface area contributed by atoms with Gasteiger partial charge in [-0.05, 0) is 51.1 Å². The summed E-state index contributed by atoms with van der Waals surface area (Å²) in [4.78, 5) is 12.1. The zero-order chi connectivity index (χ0) is 20.6. The number of benzene rings is 2. The highest BCUT2D eigenvalue weighted by Gasteiger charge is 2.14. The molecule has 0 saturated heterocycles. The molecular weight excluding hydrogens is 374 g/mol. The van der Waals surface area contributed by atoms with E-state index in [0.717, 1.165) is 5.56 Å². The minimum atomic E-state index is -0.400. The molecule has 3 aromatic rings. The second kappa shape index (κ2) is 9.59. The molecule has 0 aliphatic heterocycles. The molecule has 0 aliphatic rings. The van der Waals surface area contributed by atoms with Gasteiger partial charge in [0.05, 0.1) is 13.2 Å². The van der Waals surface area contributed by atoms with Gasteiger partial charge in [0.15, 0.2) is 18.1 Å². The van der Waals surface area contributed by atoms with Crippen molar-refractivity contribution in [3.63, 3.8) is 0 Å². The number of nitrogens with zero attached hydrogens (tertiary/aromatic N) is 2. The number of rotatable bonds is 9. The molecular formula is C21H23N3O5. The van der Waals surface area contributed by atoms with Crippen molar-refractivity contribution in [2.24, 2.45) is 0 Å². The van der Waals surface area contributed by atoms with Gasteiger partial charge in [0.1, 0.15) is 5.75 Å². The fourth-order valence-electron chi connectivity index (χ4n) is 2.51. The molecule has 0 atom stereocenters. The molecule has 0 saturated carbocycles. The Hall–Kier alpha value is -3.55. The lowest BCUT2D eigenvalue weighted by Gasteiger charge is -2.11. The standard InChI is InChI=1S/C21H23N3O5/c1-4-26-17-11-8-15(12-18(17)27-5-2)20-23-24-21(29-20)22-19(25)13-28-16-9-6-14(3)7-10-16/h6-12H,4-5,13H2,1-3H3,(H,22,24,25). The van der Waals surface area contributed by atoms with Gasteiger partial charge in [0.2, 0.25) is 5.89 Å². The predicted octanol–water partition coefficient (Wildman–Crippen LogP) is 3.86. The molecule has 3 rings (SSSR count). The molecule has 0 aliphatic carbocycles. The monoisotopic (exact) mass is 397 g/mol. The Morgan fingerprint density at radius 1 is 0.966 bits per heavy atom. The summed E-state index contributed by atoms with van der Waals surface area (Å²) in [5, 5.41) is 10.4. The summed E-state index contributed by atoms with van der Waals surface area (Å²) in [5.74, 6) is 1.68. The van der Waals surface area contributed by atoms with Crippen LogP contribution < -0.4 is 19.5 Å². The second-order valence-electron chi connectivity index (χ2n) is 6.09. The Kier molecular flexibility index (Phi) is 6.67. The topological polar surface area (TPSA) is 95.7 Å². The van der Waals surface area contributed by atoms with Gasteiger partial charge >= 0.3 is 6.01 Å².